The molecule has 0 spiro atoms. The maximum absolute atomic E-state index is 11.7. The Morgan fingerprint density at radius 1 is 1.25 bits per heavy atom. The first-order valence-corrected chi connectivity index (χ1v) is 9.99. The summed E-state index contributed by atoms with van der Waals surface area (Å²) in [7, 11) is 1.91. The minimum absolute atomic E-state index is 0.399. The maximum Gasteiger partial charge on any atom is 0.407 e. The molecule has 3 N–H and O–H groups in total. The maximum atomic E-state index is 11.7. The standard InChI is InChI=1S/C18H29N7O2S/c1-13-23-24-15(25(13)5)12-22-16(21-11-14-7-6-10-28-14)19-8-9-20-17(26)27-18(2,3)4/h6-7,10H,8-9,11-12H2,1-5H3,(H,20,26)(H2,19,21,22). The number of aryl methyl sites for hydroxylation is 1. The van der Waals surface area contributed by atoms with Crippen LogP contribution >= 0.6 is 11.3 Å². The number of amides is 1. The molecule has 2 heterocycles. The van der Waals surface area contributed by atoms with Crippen molar-refractivity contribution in [2.45, 2.75) is 46.4 Å². The first-order valence-electron chi connectivity index (χ1n) is 9.11. The molecule has 0 atom stereocenters. The van der Waals surface area contributed by atoms with E-state index < -0.39 is 11.7 Å². The van der Waals surface area contributed by atoms with Crippen LogP contribution in [0.1, 0.15) is 37.3 Å². The number of nitrogens with one attached hydrogen (secondary N) is 3. The van der Waals surface area contributed by atoms with E-state index in [1.54, 1.807) is 11.3 Å². The molecular weight excluding hydrogens is 378 g/mol. The number of ether oxygens (including phenoxy) is 1. The third-order valence-corrected chi connectivity index (χ3v) is 4.53. The van der Waals surface area contributed by atoms with E-state index in [9.17, 15) is 4.79 Å². The van der Waals surface area contributed by atoms with Gasteiger partial charge in [-0.2, -0.15) is 0 Å². The summed E-state index contributed by atoms with van der Waals surface area (Å²) in [6.07, 6.45) is -0.436. The van der Waals surface area contributed by atoms with Crippen molar-refractivity contribution in [3.8, 4) is 0 Å². The van der Waals surface area contributed by atoms with E-state index in [4.69, 9.17) is 4.74 Å². The first kappa shape index (κ1) is 21.7. The van der Waals surface area contributed by atoms with Gasteiger partial charge in [-0.15, -0.1) is 21.5 Å². The third-order valence-electron chi connectivity index (χ3n) is 3.66. The molecule has 9 nitrogen and oxygen atoms in total. The van der Waals surface area contributed by atoms with Gasteiger partial charge in [-0.05, 0) is 39.1 Å². The Kier molecular flexibility index (Phi) is 7.80. The molecule has 0 bridgehead atoms. The van der Waals surface area contributed by atoms with Crippen molar-refractivity contribution >= 4 is 23.4 Å². The van der Waals surface area contributed by atoms with E-state index in [1.165, 1.54) is 4.88 Å². The molecule has 0 aliphatic carbocycles. The average molecular weight is 408 g/mol. The number of hydrogen-bond acceptors (Lipinski definition) is 6. The molecule has 28 heavy (non-hydrogen) atoms. The molecule has 0 fully saturated rings. The molecule has 2 aromatic rings. The fourth-order valence-electron chi connectivity index (χ4n) is 2.16. The fourth-order valence-corrected chi connectivity index (χ4v) is 2.80. The van der Waals surface area contributed by atoms with E-state index in [2.05, 4.69) is 37.2 Å². The molecule has 0 aliphatic rings. The molecular formula is C18H29N7O2S. The Hall–Kier alpha value is -2.62. The van der Waals surface area contributed by atoms with Crippen LogP contribution in [0.15, 0.2) is 22.5 Å². The number of aliphatic imine (C=N–C) groups is 1. The molecule has 0 aromatic carbocycles. The van der Waals surface area contributed by atoms with Crippen LogP contribution in [0.2, 0.25) is 0 Å². The second-order valence-electron chi connectivity index (χ2n) is 7.18. The summed E-state index contributed by atoms with van der Waals surface area (Å²) < 4.78 is 7.13. The van der Waals surface area contributed by atoms with Crippen LogP contribution in [0.3, 0.4) is 0 Å². The van der Waals surface area contributed by atoms with Gasteiger partial charge in [-0.25, -0.2) is 9.79 Å². The van der Waals surface area contributed by atoms with Gasteiger partial charge in [0.2, 0.25) is 0 Å². The molecule has 10 heteroatoms. The Bertz CT molecular complexity index is 778. The highest BCUT2D eigenvalue weighted by atomic mass is 32.1. The highest BCUT2D eigenvalue weighted by molar-refractivity contribution is 7.09. The Balaban J connectivity index is 1.87. The summed E-state index contributed by atoms with van der Waals surface area (Å²) in [5.41, 5.74) is -0.513. The lowest BCUT2D eigenvalue weighted by Gasteiger charge is -2.20. The van der Waals surface area contributed by atoms with E-state index in [1.807, 2.05) is 50.8 Å². The number of thiophene rings is 1. The van der Waals surface area contributed by atoms with Crippen molar-refractivity contribution in [3.05, 3.63) is 34.0 Å². The second-order valence-corrected chi connectivity index (χ2v) is 8.21. The zero-order valence-electron chi connectivity index (χ0n) is 17.1. The van der Waals surface area contributed by atoms with Crippen molar-refractivity contribution in [2.75, 3.05) is 13.1 Å². The summed E-state index contributed by atoms with van der Waals surface area (Å²) in [4.78, 5) is 17.5. The van der Waals surface area contributed by atoms with Crippen molar-refractivity contribution in [1.82, 2.24) is 30.7 Å². The summed E-state index contributed by atoms with van der Waals surface area (Å²) in [6, 6.07) is 4.07. The smallest absolute Gasteiger partial charge is 0.407 e. The molecule has 154 valence electrons. The van der Waals surface area contributed by atoms with Crippen LogP contribution in [-0.2, 0) is 24.9 Å². The van der Waals surface area contributed by atoms with Crippen molar-refractivity contribution in [1.29, 1.82) is 0 Å². The van der Waals surface area contributed by atoms with E-state index in [-0.39, 0.29) is 0 Å². The van der Waals surface area contributed by atoms with Gasteiger partial charge in [0.1, 0.15) is 18.0 Å². The highest BCUT2D eigenvalue weighted by Gasteiger charge is 2.15. The van der Waals surface area contributed by atoms with Gasteiger partial charge in [0.05, 0.1) is 6.54 Å². The number of alkyl carbamates (subject to hydrolysis) is 1. The minimum Gasteiger partial charge on any atom is -0.444 e. The van der Waals surface area contributed by atoms with Gasteiger partial charge in [0.15, 0.2) is 11.8 Å². The fraction of sp³-hybridized carbons (Fsp3) is 0.556. The number of rotatable bonds is 7. The first-order chi connectivity index (χ1) is 13.2. The molecule has 0 radical (unpaired) electrons. The van der Waals surface area contributed by atoms with E-state index in [0.29, 0.717) is 32.1 Å². The average Bonchev–Trinajstić information content (AvgIpc) is 3.23. The predicted molar refractivity (Wildman–Crippen MR) is 110 cm³/mol. The lowest BCUT2D eigenvalue weighted by molar-refractivity contribution is 0.0529. The number of nitrogens with zero attached hydrogens (tertiary/aromatic N) is 4. The predicted octanol–water partition coefficient (Wildman–Crippen LogP) is 1.95. The zero-order chi connectivity index (χ0) is 20.6. The van der Waals surface area contributed by atoms with Crippen LogP contribution in [0.4, 0.5) is 4.79 Å². The van der Waals surface area contributed by atoms with Crippen LogP contribution in [0.5, 0.6) is 0 Å². The van der Waals surface area contributed by atoms with Crippen molar-refractivity contribution in [2.24, 2.45) is 12.0 Å². The minimum atomic E-state index is -0.513. The monoisotopic (exact) mass is 407 g/mol. The molecule has 0 saturated heterocycles. The second kappa shape index (κ2) is 10.1. The molecule has 0 saturated carbocycles. The highest BCUT2D eigenvalue weighted by Crippen LogP contribution is 2.07. The Morgan fingerprint density at radius 3 is 2.61 bits per heavy atom. The van der Waals surface area contributed by atoms with Gasteiger partial charge < -0.3 is 25.3 Å². The number of hydrogen-bond donors (Lipinski definition) is 3. The van der Waals surface area contributed by atoms with Crippen molar-refractivity contribution < 1.29 is 9.53 Å². The summed E-state index contributed by atoms with van der Waals surface area (Å²) in [5.74, 6) is 2.26. The number of guanidine groups is 1. The number of carbonyl (C=O) groups is 1. The van der Waals surface area contributed by atoms with Gasteiger partial charge in [-0.1, -0.05) is 6.07 Å². The normalized spacial score (nSPS) is 12.0. The van der Waals surface area contributed by atoms with Crippen LogP contribution < -0.4 is 16.0 Å². The van der Waals surface area contributed by atoms with Gasteiger partial charge >= 0.3 is 6.09 Å². The molecule has 2 rings (SSSR count). The van der Waals surface area contributed by atoms with Crippen LogP contribution in [-0.4, -0.2) is 45.5 Å². The lowest BCUT2D eigenvalue weighted by atomic mass is 10.2. The molecule has 0 unspecified atom stereocenters. The van der Waals surface area contributed by atoms with E-state index in [0.717, 1.165) is 11.6 Å². The van der Waals surface area contributed by atoms with Crippen LogP contribution in [0.25, 0.3) is 0 Å². The third kappa shape index (κ3) is 7.55. The quantitative estimate of drug-likeness (QED) is 0.368. The van der Waals surface area contributed by atoms with Crippen molar-refractivity contribution in [3.63, 3.8) is 0 Å². The summed E-state index contributed by atoms with van der Waals surface area (Å²) in [5, 5.41) is 19.4. The van der Waals surface area contributed by atoms with Gasteiger partial charge in [0, 0.05) is 25.0 Å². The molecule has 0 aliphatic heterocycles. The SMILES string of the molecule is Cc1nnc(CN=C(NCCNC(=O)OC(C)(C)C)NCc2cccs2)n1C. The van der Waals surface area contributed by atoms with Gasteiger partial charge in [-0.3, -0.25) is 0 Å². The lowest BCUT2D eigenvalue weighted by Crippen LogP contribution is -2.42. The largest absolute Gasteiger partial charge is 0.444 e. The summed E-state index contributed by atoms with van der Waals surface area (Å²) >= 11 is 1.68. The Labute approximate surface area is 169 Å². The number of aromatic nitrogens is 3. The zero-order valence-corrected chi connectivity index (χ0v) is 17.9. The number of carbonyl (C=O) groups excluding carboxylic acids is 1. The molecule has 2 aromatic heterocycles. The van der Waals surface area contributed by atoms with Gasteiger partial charge in [0.25, 0.3) is 0 Å². The Morgan fingerprint density at radius 2 is 2.00 bits per heavy atom. The summed E-state index contributed by atoms with van der Waals surface area (Å²) in [6.45, 7) is 9.38. The van der Waals surface area contributed by atoms with Crippen LogP contribution in [0, 0.1) is 6.92 Å². The topological polar surface area (TPSA) is 105 Å². The van der Waals surface area contributed by atoms with E-state index >= 15 is 0 Å². The molecule has 1 amide bonds.